The number of aliphatic hydroxyl groups is 1. The fourth-order valence-corrected chi connectivity index (χ4v) is 8.74. The summed E-state index contributed by atoms with van der Waals surface area (Å²) >= 11 is 0. The van der Waals surface area contributed by atoms with E-state index in [1.165, 1.54) is 18.9 Å². The number of piperidine rings is 3. The van der Waals surface area contributed by atoms with Crippen molar-refractivity contribution in [3.63, 3.8) is 0 Å². The maximum Gasteiger partial charge on any atom is 0.302 e. The van der Waals surface area contributed by atoms with Gasteiger partial charge in [0.2, 0.25) is 0 Å². The average Bonchev–Trinajstić information content (AvgIpc) is 3.11. The molecule has 0 aromatic heterocycles. The quantitative estimate of drug-likeness (QED) is 0.196. The molecule has 5 aliphatic rings. The van der Waals surface area contributed by atoms with Gasteiger partial charge in [-0.1, -0.05) is 36.4 Å². The molecule has 4 bridgehead atoms. The van der Waals surface area contributed by atoms with Crippen LogP contribution >= 0.6 is 0 Å². The Balaban J connectivity index is 0.991. The summed E-state index contributed by atoms with van der Waals surface area (Å²) < 4.78 is 12.1. The minimum absolute atomic E-state index is 0.00872. The van der Waals surface area contributed by atoms with Gasteiger partial charge in [0.05, 0.1) is 12.8 Å². The molecule has 2 aromatic rings. The van der Waals surface area contributed by atoms with E-state index >= 15 is 0 Å². The summed E-state index contributed by atoms with van der Waals surface area (Å²) in [6.45, 7) is 9.23. The van der Waals surface area contributed by atoms with E-state index in [2.05, 4.69) is 49.7 Å². The molecule has 11 nitrogen and oxygen atoms in total. The van der Waals surface area contributed by atoms with Gasteiger partial charge < -0.3 is 41.0 Å². The Morgan fingerprint density at radius 2 is 1.80 bits per heavy atom. The minimum atomic E-state index is -0.591. The lowest BCUT2D eigenvalue weighted by Crippen LogP contribution is -2.52. The molecule has 0 amide bonds. The number of nitrogens with one attached hydrogen (secondary N) is 2. The average molecular weight is 705 g/mol. The van der Waals surface area contributed by atoms with Crippen molar-refractivity contribution in [2.45, 2.75) is 95.5 Å². The van der Waals surface area contributed by atoms with E-state index in [0.717, 1.165) is 83.5 Å². The molecule has 5 heterocycles. The maximum atomic E-state index is 12.1. The number of hydrogen-bond acceptors (Lipinski definition) is 11. The van der Waals surface area contributed by atoms with Crippen LogP contribution in [0.2, 0.25) is 0 Å². The molecular weight excluding hydrogens is 644 g/mol. The van der Waals surface area contributed by atoms with Crippen LogP contribution in [0.5, 0.6) is 11.5 Å². The monoisotopic (exact) mass is 704 g/mol. The van der Waals surface area contributed by atoms with Crippen LogP contribution in [0.4, 0.5) is 0 Å². The molecule has 2 unspecified atom stereocenters. The van der Waals surface area contributed by atoms with Crippen molar-refractivity contribution in [3.05, 3.63) is 59.7 Å². The smallest absolute Gasteiger partial charge is 0.302 e. The van der Waals surface area contributed by atoms with E-state index in [4.69, 9.17) is 15.2 Å². The molecule has 0 aliphatic carbocycles. The first-order chi connectivity index (χ1) is 24.7. The number of aliphatic hydroxyl groups excluding tert-OH is 1. The number of benzene rings is 2. The molecule has 280 valence electrons. The van der Waals surface area contributed by atoms with Crippen molar-refractivity contribution in [2.24, 2.45) is 28.5 Å². The highest BCUT2D eigenvalue weighted by atomic mass is 16.5. The van der Waals surface area contributed by atoms with Gasteiger partial charge in [0.25, 0.3) is 0 Å². The molecule has 9 atom stereocenters. The summed E-state index contributed by atoms with van der Waals surface area (Å²) in [6.07, 6.45) is 7.10. The molecule has 3 fully saturated rings. The number of carbonyl (C=O) groups is 1. The lowest BCUT2D eigenvalue weighted by atomic mass is 9.84. The zero-order chi connectivity index (χ0) is 35.6. The SMILES string of the molecule is CC(=O)O[C@H](CCc1ccc(O)c(O[C@@H]2CCN[C@H](Cc3ccccc3)C2)c1)C[C@@H](O)CC[C@H]1CCN2C[C@H]3C[C@@H](C2)CN(CN=C(N)NC1)C3. The molecular formula is C40H60N6O5. The third-order valence-corrected chi connectivity index (χ3v) is 11.2. The number of rotatable bonds is 13. The second-order valence-corrected chi connectivity index (χ2v) is 15.6. The van der Waals surface area contributed by atoms with Gasteiger partial charge in [0.15, 0.2) is 17.5 Å². The molecule has 2 aromatic carbocycles. The van der Waals surface area contributed by atoms with Gasteiger partial charge in [-0.3, -0.25) is 9.69 Å². The first kappa shape index (κ1) is 37.4. The summed E-state index contributed by atoms with van der Waals surface area (Å²) in [5.41, 5.74) is 8.55. The third-order valence-electron chi connectivity index (χ3n) is 11.2. The number of nitrogens with zero attached hydrogens (tertiary/aromatic N) is 3. The fourth-order valence-electron chi connectivity index (χ4n) is 8.74. The Labute approximate surface area is 304 Å². The van der Waals surface area contributed by atoms with Crippen LogP contribution in [0, 0.1) is 17.8 Å². The molecule has 51 heavy (non-hydrogen) atoms. The Morgan fingerprint density at radius 1 is 1.02 bits per heavy atom. The highest BCUT2D eigenvalue weighted by molar-refractivity contribution is 5.77. The van der Waals surface area contributed by atoms with Crippen LogP contribution in [-0.2, 0) is 22.4 Å². The van der Waals surface area contributed by atoms with Gasteiger partial charge in [0, 0.05) is 52.1 Å². The number of aryl methyl sites for hydroxylation is 1. The molecule has 11 heteroatoms. The molecule has 6 N–H and O–H groups in total. The van der Waals surface area contributed by atoms with E-state index in [9.17, 15) is 15.0 Å². The molecule has 0 saturated carbocycles. The number of ether oxygens (including phenoxy) is 2. The number of esters is 1. The van der Waals surface area contributed by atoms with Crippen LogP contribution in [0.25, 0.3) is 0 Å². The lowest BCUT2D eigenvalue weighted by Gasteiger charge is -2.45. The first-order valence-electron chi connectivity index (χ1n) is 19.3. The number of guanidine groups is 1. The second kappa shape index (κ2) is 18.4. The van der Waals surface area contributed by atoms with Crippen LogP contribution < -0.4 is 21.1 Å². The van der Waals surface area contributed by atoms with Crippen molar-refractivity contribution in [3.8, 4) is 11.5 Å². The predicted octanol–water partition coefficient (Wildman–Crippen LogP) is 3.67. The van der Waals surface area contributed by atoms with Gasteiger partial charge in [0.1, 0.15) is 12.2 Å². The van der Waals surface area contributed by atoms with E-state index < -0.39 is 12.2 Å². The van der Waals surface area contributed by atoms with Crippen molar-refractivity contribution in [1.82, 2.24) is 20.4 Å². The number of carbonyl (C=O) groups excluding carboxylic acids is 1. The van der Waals surface area contributed by atoms with Gasteiger partial charge in [-0.05, 0) is 112 Å². The summed E-state index contributed by atoms with van der Waals surface area (Å²) in [6, 6.07) is 16.3. The first-order valence-corrected chi connectivity index (χ1v) is 19.3. The van der Waals surface area contributed by atoms with Crippen LogP contribution in [0.15, 0.2) is 53.5 Å². The summed E-state index contributed by atoms with van der Waals surface area (Å²) in [4.78, 5) is 21.8. The number of aliphatic imine (C=N–C) groups is 1. The molecule has 5 aliphatic heterocycles. The largest absolute Gasteiger partial charge is 0.504 e. The molecule has 7 rings (SSSR count). The Morgan fingerprint density at radius 3 is 2.59 bits per heavy atom. The topological polar surface area (TPSA) is 145 Å². The van der Waals surface area contributed by atoms with Crippen LogP contribution in [0.3, 0.4) is 0 Å². The number of hydrogen-bond donors (Lipinski definition) is 5. The van der Waals surface area contributed by atoms with Gasteiger partial charge in [-0.15, -0.1) is 0 Å². The zero-order valence-corrected chi connectivity index (χ0v) is 30.4. The van der Waals surface area contributed by atoms with Gasteiger partial charge in [-0.2, -0.15) is 0 Å². The van der Waals surface area contributed by atoms with Crippen molar-refractivity contribution >= 4 is 11.9 Å². The Kier molecular flexibility index (Phi) is 13.5. The highest BCUT2D eigenvalue weighted by Gasteiger charge is 2.34. The standard InChI is InChI=1S/C40H60N6O5/c1-28(47)50-36(11-8-30-9-12-38(49)39(19-30)51-37-13-15-42-34(20-37)18-29-5-3-2-4-6-29)21-35(48)10-7-31-14-16-45-23-32-17-33(24-45)26-46(25-32)27-44-40(41)43-22-31/h2-6,9,12,19,31-37,42,48-49H,7-8,10-11,13-18,20-27H2,1H3,(H3,41,43,44)/t31-,32-,33+,34+,35-,36+,37+/m0/s1. The number of phenols is 1. The maximum absolute atomic E-state index is 12.1. The molecule has 3 saturated heterocycles. The van der Waals surface area contributed by atoms with Crippen molar-refractivity contribution in [2.75, 3.05) is 52.5 Å². The normalized spacial score (nSPS) is 29.4. The van der Waals surface area contributed by atoms with Crippen molar-refractivity contribution < 1.29 is 24.5 Å². The highest BCUT2D eigenvalue weighted by Crippen LogP contribution is 2.32. The summed E-state index contributed by atoms with van der Waals surface area (Å²) in [5.74, 6) is 2.52. The zero-order valence-electron chi connectivity index (χ0n) is 30.4. The van der Waals surface area contributed by atoms with E-state index in [-0.39, 0.29) is 17.8 Å². The lowest BCUT2D eigenvalue weighted by molar-refractivity contribution is -0.148. The van der Waals surface area contributed by atoms with E-state index in [1.54, 1.807) is 6.07 Å². The Bertz CT molecular complexity index is 1410. The number of phenolic OH excluding ortho intramolecular Hbond substituents is 1. The predicted molar refractivity (Wildman–Crippen MR) is 200 cm³/mol. The number of fused-ring (bicyclic) bond motifs is 6. The van der Waals surface area contributed by atoms with Crippen LogP contribution in [0.1, 0.15) is 69.4 Å². The fraction of sp³-hybridized carbons (Fsp3) is 0.650. The minimum Gasteiger partial charge on any atom is -0.504 e. The van der Waals surface area contributed by atoms with E-state index in [0.29, 0.717) is 67.9 Å². The summed E-state index contributed by atoms with van der Waals surface area (Å²) in [7, 11) is 0. The number of nitrogens with two attached hydrogens (primary N) is 1. The number of aromatic hydroxyl groups is 1. The van der Waals surface area contributed by atoms with Crippen LogP contribution in [-0.4, -0.2) is 109 Å². The Hall–Kier alpha value is -3.38. The summed E-state index contributed by atoms with van der Waals surface area (Å²) in [5, 5.41) is 28.8. The van der Waals surface area contributed by atoms with Crippen molar-refractivity contribution in [1.29, 1.82) is 0 Å². The van der Waals surface area contributed by atoms with Gasteiger partial charge in [-0.25, -0.2) is 4.99 Å². The molecule has 0 spiro atoms. The van der Waals surface area contributed by atoms with Gasteiger partial charge >= 0.3 is 5.97 Å². The molecule has 0 radical (unpaired) electrons. The second-order valence-electron chi connectivity index (χ2n) is 15.6. The third kappa shape index (κ3) is 11.8. The van der Waals surface area contributed by atoms with E-state index in [1.807, 2.05) is 18.2 Å².